The third-order valence-corrected chi connectivity index (χ3v) is 5.76. The fraction of sp³-hybridized carbons (Fsp3) is 0.400. The van der Waals surface area contributed by atoms with Crippen molar-refractivity contribution in [2.75, 3.05) is 23.7 Å². The van der Waals surface area contributed by atoms with Crippen molar-refractivity contribution in [2.45, 2.75) is 18.6 Å². The Bertz CT molecular complexity index is 1100. The average molecular weight is 400 g/mol. The van der Waals surface area contributed by atoms with Crippen molar-refractivity contribution < 1.29 is 21.6 Å². The first-order valence-electron chi connectivity index (χ1n) is 8.12. The number of nitrogens with one attached hydrogen (secondary N) is 2. The highest BCUT2D eigenvalue weighted by Crippen LogP contribution is 2.31. The number of fused-ring (bicyclic) bond motifs is 3. The number of rotatable bonds is 4. The number of hydrogen-bond acceptors (Lipinski definition) is 6. The molecule has 0 spiro atoms. The minimum atomic E-state index is -4.78. The van der Waals surface area contributed by atoms with Gasteiger partial charge in [0.05, 0.1) is 10.9 Å². The van der Waals surface area contributed by atoms with Gasteiger partial charge in [-0.1, -0.05) is 0 Å². The van der Waals surface area contributed by atoms with Gasteiger partial charge < -0.3 is 9.88 Å². The first-order valence-corrected chi connectivity index (χ1v) is 9.77. The Hall–Kier alpha value is -2.47. The van der Waals surface area contributed by atoms with Gasteiger partial charge in [0.1, 0.15) is 5.82 Å². The van der Waals surface area contributed by atoms with Crippen molar-refractivity contribution in [3.8, 4) is 0 Å². The van der Waals surface area contributed by atoms with Gasteiger partial charge in [-0.2, -0.15) is 13.2 Å². The molecule has 1 atom stereocenters. The zero-order valence-corrected chi connectivity index (χ0v) is 14.7. The molecule has 1 aliphatic rings. The highest BCUT2D eigenvalue weighted by molar-refractivity contribution is 7.89. The van der Waals surface area contributed by atoms with Crippen molar-refractivity contribution in [3.05, 3.63) is 24.5 Å². The standard InChI is InChI=1S/C15H15F3N6O2S/c16-15(17,18)8-27(25,26)23-9-3-6-24(7-9)14-12-10-1-4-19-13(10)22-21-11(12)2-5-20-14/h1-2,4-5,9,20,23H,3,6-8H2. The van der Waals surface area contributed by atoms with Crippen molar-refractivity contribution in [1.29, 1.82) is 0 Å². The van der Waals surface area contributed by atoms with Crippen LogP contribution in [0.1, 0.15) is 6.42 Å². The lowest BCUT2D eigenvalue weighted by Crippen LogP contribution is -2.41. The summed E-state index contributed by atoms with van der Waals surface area (Å²) in [6.07, 6.45) is -1.08. The van der Waals surface area contributed by atoms with Crippen LogP contribution >= 0.6 is 0 Å². The Balaban J connectivity index is 1.60. The second-order valence-corrected chi connectivity index (χ2v) is 8.15. The van der Waals surface area contributed by atoms with Crippen LogP contribution in [0.2, 0.25) is 0 Å². The molecule has 8 nitrogen and oxygen atoms in total. The molecule has 1 fully saturated rings. The van der Waals surface area contributed by atoms with Crippen LogP contribution in [0.5, 0.6) is 0 Å². The number of sulfonamides is 1. The number of H-pyrrole nitrogens is 1. The van der Waals surface area contributed by atoms with E-state index >= 15 is 0 Å². The Kier molecular flexibility index (Phi) is 4.18. The van der Waals surface area contributed by atoms with Crippen LogP contribution in [0.4, 0.5) is 19.0 Å². The predicted molar refractivity (Wildman–Crippen MR) is 92.8 cm³/mol. The molecule has 1 unspecified atom stereocenters. The minimum Gasteiger partial charge on any atom is -0.356 e. The van der Waals surface area contributed by atoms with Gasteiger partial charge >= 0.3 is 6.18 Å². The largest absolute Gasteiger partial charge is 0.404 e. The van der Waals surface area contributed by atoms with Gasteiger partial charge in [0.2, 0.25) is 10.0 Å². The predicted octanol–water partition coefficient (Wildman–Crippen LogP) is 1.57. The zero-order chi connectivity index (χ0) is 19.2. The van der Waals surface area contributed by atoms with Crippen molar-refractivity contribution in [1.82, 2.24) is 24.9 Å². The van der Waals surface area contributed by atoms with E-state index < -0.39 is 28.0 Å². The summed E-state index contributed by atoms with van der Waals surface area (Å²) in [6, 6.07) is 2.96. The molecule has 0 saturated carbocycles. The fourth-order valence-corrected chi connectivity index (χ4v) is 4.56. The molecule has 0 amide bonds. The molecule has 4 rings (SSSR count). The minimum absolute atomic E-state index is 0.241. The first-order chi connectivity index (χ1) is 12.7. The van der Waals surface area contributed by atoms with Crippen LogP contribution in [-0.4, -0.2) is 59.6 Å². The Morgan fingerprint density at radius 2 is 2.11 bits per heavy atom. The lowest BCUT2D eigenvalue weighted by Gasteiger charge is -2.21. The van der Waals surface area contributed by atoms with E-state index in [-0.39, 0.29) is 6.54 Å². The number of hydrogen-bond donors (Lipinski definition) is 2. The highest BCUT2D eigenvalue weighted by Gasteiger charge is 2.37. The SMILES string of the molecule is O=S(=O)(CC(F)(F)F)NC1CCN(c2[nH]ccc3nnc4nccc4c23)C1. The lowest BCUT2D eigenvalue weighted by molar-refractivity contribution is -0.106. The zero-order valence-electron chi connectivity index (χ0n) is 13.9. The van der Waals surface area contributed by atoms with Crippen molar-refractivity contribution >= 4 is 37.8 Å². The summed E-state index contributed by atoms with van der Waals surface area (Å²) in [5.41, 5.74) is 1.13. The van der Waals surface area contributed by atoms with Gasteiger partial charge in [0, 0.05) is 36.9 Å². The maximum atomic E-state index is 12.4. The van der Waals surface area contributed by atoms with E-state index in [0.717, 1.165) is 10.8 Å². The maximum Gasteiger partial charge on any atom is 0.404 e. The third-order valence-electron chi connectivity index (χ3n) is 4.36. The summed E-state index contributed by atoms with van der Waals surface area (Å²) in [5.74, 6) is -1.18. The number of alkyl halides is 3. The summed E-state index contributed by atoms with van der Waals surface area (Å²) >= 11 is 0. The molecule has 0 bridgehead atoms. The Morgan fingerprint density at radius 1 is 1.30 bits per heavy atom. The van der Waals surface area contributed by atoms with Gasteiger partial charge in [-0.3, -0.25) is 0 Å². The number of anilines is 1. The molecular formula is C15H15F3N6O2S. The molecule has 2 N–H and O–H groups in total. The molecule has 3 aromatic rings. The summed E-state index contributed by atoms with van der Waals surface area (Å²) < 4.78 is 62.8. The lowest BCUT2D eigenvalue weighted by atomic mass is 10.2. The highest BCUT2D eigenvalue weighted by atomic mass is 32.2. The van der Waals surface area contributed by atoms with Crippen LogP contribution in [-0.2, 0) is 10.0 Å². The molecule has 27 heavy (non-hydrogen) atoms. The van der Waals surface area contributed by atoms with E-state index in [1.165, 1.54) is 0 Å². The van der Waals surface area contributed by atoms with E-state index in [1.807, 2.05) is 11.0 Å². The molecule has 0 radical (unpaired) electrons. The number of aromatic nitrogens is 4. The van der Waals surface area contributed by atoms with E-state index in [4.69, 9.17) is 0 Å². The average Bonchev–Trinajstić information content (AvgIpc) is 3.20. The summed E-state index contributed by atoms with van der Waals surface area (Å²) in [7, 11) is -4.44. The van der Waals surface area contributed by atoms with Crippen molar-refractivity contribution in [2.24, 2.45) is 0 Å². The molecule has 1 saturated heterocycles. The fourth-order valence-electron chi connectivity index (χ4n) is 3.35. The van der Waals surface area contributed by atoms with Gasteiger partial charge in [0.15, 0.2) is 11.4 Å². The number of nitrogens with zero attached hydrogens (tertiary/aromatic N) is 4. The van der Waals surface area contributed by atoms with Crippen molar-refractivity contribution in [3.63, 3.8) is 0 Å². The van der Waals surface area contributed by atoms with E-state index in [2.05, 4.69) is 24.9 Å². The normalized spacial score (nSPS) is 18.6. The monoisotopic (exact) mass is 400 g/mol. The molecule has 3 aromatic heterocycles. The molecule has 1 aliphatic heterocycles. The summed E-state index contributed by atoms with van der Waals surface area (Å²) in [4.78, 5) is 9.15. The topological polar surface area (TPSA) is 104 Å². The van der Waals surface area contributed by atoms with Gasteiger partial charge in [-0.05, 0) is 18.6 Å². The second-order valence-electron chi connectivity index (χ2n) is 6.39. The Labute approximate surface area is 151 Å². The summed E-state index contributed by atoms with van der Waals surface area (Å²) in [5, 5.41) is 9.77. The van der Waals surface area contributed by atoms with Crippen LogP contribution in [0.25, 0.3) is 21.9 Å². The number of halogens is 3. The molecule has 12 heteroatoms. The number of pyridine rings is 1. The van der Waals surface area contributed by atoms with Crippen LogP contribution in [0, 0.1) is 0 Å². The summed E-state index contributed by atoms with van der Waals surface area (Å²) in [6.45, 7) is 0.720. The maximum absolute atomic E-state index is 12.4. The number of aromatic amines is 1. The smallest absolute Gasteiger partial charge is 0.356 e. The molecule has 144 valence electrons. The quantitative estimate of drug-likeness (QED) is 0.689. The molecule has 4 heterocycles. The van der Waals surface area contributed by atoms with Gasteiger partial charge in [-0.15, -0.1) is 10.2 Å². The third kappa shape index (κ3) is 3.67. The van der Waals surface area contributed by atoms with Crippen LogP contribution in [0.3, 0.4) is 0 Å². The second kappa shape index (κ2) is 6.30. The Morgan fingerprint density at radius 3 is 2.89 bits per heavy atom. The first kappa shape index (κ1) is 17.9. The molecule has 0 aromatic carbocycles. The molecular weight excluding hydrogens is 385 g/mol. The van der Waals surface area contributed by atoms with E-state index in [1.54, 1.807) is 18.5 Å². The molecule has 0 aliphatic carbocycles. The van der Waals surface area contributed by atoms with E-state index in [0.29, 0.717) is 29.9 Å². The van der Waals surface area contributed by atoms with E-state index in [9.17, 15) is 21.6 Å². The van der Waals surface area contributed by atoms with Crippen LogP contribution < -0.4 is 9.62 Å². The van der Waals surface area contributed by atoms with Crippen LogP contribution in [0.15, 0.2) is 24.5 Å². The van der Waals surface area contributed by atoms with Gasteiger partial charge in [-0.25, -0.2) is 18.1 Å². The van der Waals surface area contributed by atoms with Gasteiger partial charge in [0.25, 0.3) is 0 Å².